The number of hydrogen-bond acceptors (Lipinski definition) is 3. The summed E-state index contributed by atoms with van der Waals surface area (Å²) in [5, 5.41) is 7.73. The van der Waals surface area contributed by atoms with Gasteiger partial charge >= 0.3 is 6.03 Å². The van der Waals surface area contributed by atoms with Gasteiger partial charge < -0.3 is 14.6 Å². The number of nitrogens with one attached hydrogen (secondary N) is 1. The highest BCUT2D eigenvalue weighted by Crippen LogP contribution is 2.35. The highest BCUT2D eigenvalue weighted by Gasteiger charge is 2.38. The van der Waals surface area contributed by atoms with Gasteiger partial charge in [0.1, 0.15) is 5.76 Å². The molecule has 1 aliphatic carbocycles. The third kappa shape index (κ3) is 3.43. The van der Waals surface area contributed by atoms with Crippen LogP contribution in [0.5, 0.6) is 0 Å². The van der Waals surface area contributed by atoms with E-state index in [1.54, 1.807) is 6.26 Å². The van der Waals surface area contributed by atoms with Crippen LogP contribution in [0.25, 0.3) is 0 Å². The zero-order chi connectivity index (χ0) is 18.1. The van der Waals surface area contributed by atoms with Crippen molar-refractivity contribution in [1.82, 2.24) is 20.0 Å². The first-order valence-corrected chi connectivity index (χ1v) is 9.06. The van der Waals surface area contributed by atoms with Gasteiger partial charge in [-0.05, 0) is 52.2 Å². The lowest BCUT2D eigenvalue weighted by atomic mass is 10.0. The highest BCUT2D eigenvalue weighted by atomic mass is 16.3. The number of hydrogen-bond donors (Lipinski definition) is 1. The molecule has 0 radical (unpaired) electrons. The largest absolute Gasteiger partial charge is 0.467 e. The van der Waals surface area contributed by atoms with Gasteiger partial charge in [-0.15, -0.1) is 0 Å². The molecule has 0 bridgehead atoms. The van der Waals surface area contributed by atoms with Crippen LogP contribution in [0.3, 0.4) is 0 Å². The number of aryl methyl sites for hydroxylation is 2. The SMILES string of the molecule is CC[C@H](NC(=O)N(C1CC1)[C@@H](C)c1ccco1)c1c(C)nn(C)c1C. The Bertz CT molecular complexity index is 731. The van der Waals surface area contributed by atoms with E-state index in [9.17, 15) is 4.79 Å². The van der Waals surface area contributed by atoms with Crippen molar-refractivity contribution >= 4 is 6.03 Å². The third-order valence-electron chi connectivity index (χ3n) is 5.17. The van der Waals surface area contributed by atoms with Crippen LogP contribution in [0.1, 0.15) is 67.9 Å². The summed E-state index contributed by atoms with van der Waals surface area (Å²) in [4.78, 5) is 15.0. The van der Waals surface area contributed by atoms with Crippen molar-refractivity contribution < 1.29 is 9.21 Å². The number of amides is 2. The van der Waals surface area contributed by atoms with Gasteiger partial charge in [-0.1, -0.05) is 6.92 Å². The lowest BCUT2D eigenvalue weighted by Gasteiger charge is -2.30. The normalized spacial score (nSPS) is 16.5. The van der Waals surface area contributed by atoms with E-state index in [0.29, 0.717) is 6.04 Å². The van der Waals surface area contributed by atoms with Gasteiger partial charge in [0.2, 0.25) is 0 Å². The molecule has 1 N–H and O–H groups in total. The Labute approximate surface area is 149 Å². The minimum Gasteiger partial charge on any atom is -0.467 e. The van der Waals surface area contributed by atoms with E-state index < -0.39 is 0 Å². The Morgan fingerprint density at radius 2 is 2.20 bits per heavy atom. The number of aromatic nitrogens is 2. The number of carbonyl (C=O) groups is 1. The maximum Gasteiger partial charge on any atom is 0.318 e. The molecule has 3 rings (SSSR count). The molecule has 0 saturated heterocycles. The fraction of sp³-hybridized carbons (Fsp3) is 0.579. The molecule has 6 nitrogen and oxygen atoms in total. The minimum atomic E-state index is -0.0731. The van der Waals surface area contributed by atoms with Crippen LogP contribution in [0.4, 0.5) is 4.79 Å². The van der Waals surface area contributed by atoms with Crippen molar-refractivity contribution in [2.45, 2.75) is 65.1 Å². The molecule has 0 aromatic carbocycles. The fourth-order valence-electron chi connectivity index (χ4n) is 3.57. The first kappa shape index (κ1) is 17.6. The van der Waals surface area contributed by atoms with Crippen molar-refractivity contribution in [3.05, 3.63) is 41.1 Å². The lowest BCUT2D eigenvalue weighted by Crippen LogP contribution is -2.44. The predicted molar refractivity (Wildman–Crippen MR) is 96.2 cm³/mol. The Kier molecular flexibility index (Phi) is 4.88. The summed E-state index contributed by atoms with van der Waals surface area (Å²) in [6.07, 6.45) is 4.60. The summed E-state index contributed by atoms with van der Waals surface area (Å²) in [5.74, 6) is 0.823. The zero-order valence-electron chi connectivity index (χ0n) is 15.7. The molecule has 2 amide bonds. The van der Waals surface area contributed by atoms with Crippen LogP contribution >= 0.6 is 0 Å². The summed E-state index contributed by atoms with van der Waals surface area (Å²) in [7, 11) is 1.94. The van der Waals surface area contributed by atoms with Crippen LogP contribution < -0.4 is 5.32 Å². The topological polar surface area (TPSA) is 63.3 Å². The van der Waals surface area contributed by atoms with E-state index in [1.807, 2.05) is 49.5 Å². The van der Waals surface area contributed by atoms with Crippen LogP contribution in [0.2, 0.25) is 0 Å². The van der Waals surface area contributed by atoms with Crippen LogP contribution in [-0.2, 0) is 7.05 Å². The molecule has 136 valence electrons. The average molecular weight is 344 g/mol. The molecule has 0 unspecified atom stereocenters. The van der Waals surface area contributed by atoms with E-state index in [0.717, 1.165) is 42.0 Å². The third-order valence-corrected chi connectivity index (χ3v) is 5.17. The summed E-state index contributed by atoms with van der Waals surface area (Å²) in [6.45, 7) is 8.17. The molecule has 6 heteroatoms. The van der Waals surface area contributed by atoms with Crippen molar-refractivity contribution in [1.29, 1.82) is 0 Å². The Balaban J connectivity index is 1.80. The minimum absolute atomic E-state index is 0.0269. The number of furan rings is 1. The summed E-state index contributed by atoms with van der Waals surface area (Å²) in [5.41, 5.74) is 3.20. The molecule has 2 heterocycles. The van der Waals surface area contributed by atoms with Crippen molar-refractivity contribution in [2.75, 3.05) is 0 Å². The van der Waals surface area contributed by atoms with E-state index in [1.165, 1.54) is 0 Å². The molecule has 25 heavy (non-hydrogen) atoms. The predicted octanol–water partition coefficient (Wildman–Crippen LogP) is 4.02. The lowest BCUT2D eigenvalue weighted by molar-refractivity contribution is 0.162. The smallest absolute Gasteiger partial charge is 0.318 e. The highest BCUT2D eigenvalue weighted by molar-refractivity contribution is 5.76. The van der Waals surface area contributed by atoms with Gasteiger partial charge in [0, 0.05) is 24.3 Å². The van der Waals surface area contributed by atoms with Gasteiger partial charge in [0.15, 0.2) is 0 Å². The van der Waals surface area contributed by atoms with E-state index >= 15 is 0 Å². The molecular weight excluding hydrogens is 316 g/mol. The first-order chi connectivity index (χ1) is 11.9. The van der Waals surface area contributed by atoms with Gasteiger partial charge in [-0.2, -0.15) is 5.10 Å². The number of carbonyl (C=O) groups excluding carboxylic acids is 1. The second kappa shape index (κ2) is 6.94. The van der Waals surface area contributed by atoms with E-state index in [4.69, 9.17) is 4.42 Å². The maximum absolute atomic E-state index is 13.1. The van der Waals surface area contributed by atoms with Crippen molar-refractivity contribution in [2.24, 2.45) is 7.05 Å². The molecule has 1 saturated carbocycles. The summed E-state index contributed by atoms with van der Waals surface area (Å²) >= 11 is 0. The molecule has 2 aromatic rings. The number of rotatable bonds is 6. The van der Waals surface area contributed by atoms with Crippen LogP contribution in [0, 0.1) is 13.8 Å². The molecule has 1 fully saturated rings. The molecular formula is C19H28N4O2. The van der Waals surface area contributed by atoms with Gasteiger partial charge in [-0.3, -0.25) is 4.68 Å². The second-order valence-electron chi connectivity index (χ2n) is 6.95. The van der Waals surface area contributed by atoms with E-state index in [-0.39, 0.29) is 18.1 Å². The number of nitrogens with zero attached hydrogens (tertiary/aromatic N) is 3. The summed E-state index contributed by atoms with van der Waals surface area (Å²) in [6, 6.07) is 3.96. The maximum atomic E-state index is 13.1. The van der Waals surface area contributed by atoms with Crippen LogP contribution in [0.15, 0.2) is 22.8 Å². The Morgan fingerprint density at radius 3 is 2.68 bits per heavy atom. The monoisotopic (exact) mass is 344 g/mol. The average Bonchev–Trinajstić information content (AvgIpc) is 3.17. The van der Waals surface area contributed by atoms with Crippen molar-refractivity contribution in [3.8, 4) is 0 Å². The number of urea groups is 1. The standard InChI is InChI=1S/C19H28N4O2/c1-6-16(18-12(2)21-22(5)14(18)4)20-19(24)23(15-9-10-15)13(3)17-8-7-11-25-17/h7-8,11,13,15-16H,6,9-10H2,1-5H3,(H,20,24)/t13-,16-/m0/s1. The van der Waals surface area contributed by atoms with Crippen LogP contribution in [-0.4, -0.2) is 26.8 Å². The Morgan fingerprint density at radius 1 is 1.48 bits per heavy atom. The quantitative estimate of drug-likeness (QED) is 0.861. The molecule has 0 spiro atoms. The molecule has 1 aliphatic rings. The molecule has 2 aromatic heterocycles. The first-order valence-electron chi connectivity index (χ1n) is 9.06. The second-order valence-corrected chi connectivity index (χ2v) is 6.95. The van der Waals surface area contributed by atoms with Gasteiger partial charge in [0.25, 0.3) is 0 Å². The molecule has 2 atom stereocenters. The summed E-state index contributed by atoms with van der Waals surface area (Å²) < 4.78 is 7.41. The van der Waals surface area contributed by atoms with Crippen molar-refractivity contribution in [3.63, 3.8) is 0 Å². The fourth-order valence-corrected chi connectivity index (χ4v) is 3.57. The Hall–Kier alpha value is -2.24. The van der Waals surface area contributed by atoms with E-state index in [2.05, 4.69) is 17.3 Å². The molecule has 0 aliphatic heterocycles. The zero-order valence-corrected chi connectivity index (χ0v) is 15.7. The van der Waals surface area contributed by atoms with Gasteiger partial charge in [0.05, 0.1) is 24.0 Å². The van der Waals surface area contributed by atoms with Gasteiger partial charge in [-0.25, -0.2) is 4.79 Å².